The minimum Gasteiger partial charge on any atom is -0.481 e. The number of carboxylic acid groups (broad SMARTS) is 1. The molecule has 2 N–H and O–H groups in total. The Kier molecular flexibility index (Phi) is 9.99. The first kappa shape index (κ1) is 37.6. The van der Waals surface area contributed by atoms with Gasteiger partial charge < -0.3 is 20.2 Å². The van der Waals surface area contributed by atoms with Crippen LogP contribution in [0.4, 0.5) is 0 Å². The molecule has 49 heavy (non-hydrogen) atoms. The number of nitrogens with one attached hydrogen (secondary N) is 1. The Balaban J connectivity index is 1.10. The van der Waals surface area contributed by atoms with E-state index in [4.69, 9.17) is 0 Å². The third-order valence-corrected chi connectivity index (χ3v) is 18.4. The maximum absolute atomic E-state index is 13.7. The summed E-state index contributed by atoms with van der Waals surface area (Å²) in [5.41, 5.74) is 0.152. The Morgan fingerprint density at radius 1 is 0.837 bits per heavy atom. The maximum atomic E-state index is 13.7. The van der Waals surface area contributed by atoms with Crippen molar-refractivity contribution in [2.45, 2.75) is 137 Å². The molecule has 8 nitrogen and oxygen atoms in total. The number of piperidine rings is 1. The normalized spacial score (nSPS) is 41.7. The van der Waals surface area contributed by atoms with Crippen molar-refractivity contribution in [3.8, 4) is 0 Å². The third-order valence-electron chi connectivity index (χ3n) is 16.8. The number of aliphatic carboxylic acids is 1. The van der Waals surface area contributed by atoms with E-state index in [0.717, 1.165) is 50.9 Å². The second-order valence-corrected chi connectivity index (χ2v) is 22.0. The number of carboxylic acids is 1. The van der Waals surface area contributed by atoms with E-state index in [9.17, 15) is 23.1 Å². The van der Waals surface area contributed by atoms with Gasteiger partial charge in [0.1, 0.15) is 0 Å². The monoisotopic (exact) mass is 703 g/mol. The second-order valence-electron chi connectivity index (χ2n) is 19.7. The predicted molar refractivity (Wildman–Crippen MR) is 196 cm³/mol. The van der Waals surface area contributed by atoms with Crippen LogP contribution in [0.25, 0.3) is 0 Å². The van der Waals surface area contributed by atoms with Crippen molar-refractivity contribution >= 4 is 21.7 Å². The molecule has 0 aromatic heterocycles. The number of rotatable bonds is 10. The molecule has 0 spiro atoms. The lowest BCUT2D eigenvalue weighted by atomic mass is 9.33. The average molecular weight is 704 g/mol. The van der Waals surface area contributed by atoms with Crippen LogP contribution < -0.4 is 5.32 Å². The van der Waals surface area contributed by atoms with Crippen LogP contribution in [0.2, 0.25) is 0 Å². The van der Waals surface area contributed by atoms with Gasteiger partial charge in [0.25, 0.3) is 0 Å². The number of carbonyl (C=O) groups is 2. The topological polar surface area (TPSA) is 107 Å². The highest BCUT2D eigenvalue weighted by atomic mass is 32.2. The molecule has 2 heterocycles. The minimum absolute atomic E-state index is 0.130. The number of fused-ring (bicyclic) bond motifs is 7. The van der Waals surface area contributed by atoms with Gasteiger partial charge in [0, 0.05) is 38.1 Å². The van der Waals surface area contributed by atoms with Gasteiger partial charge in [0.15, 0.2) is 9.84 Å². The summed E-state index contributed by atoms with van der Waals surface area (Å²) in [6.07, 6.45) is 14.7. The molecular weight excluding hydrogens is 635 g/mol. The summed E-state index contributed by atoms with van der Waals surface area (Å²) >= 11 is 0. The molecule has 4 aliphatic carbocycles. The summed E-state index contributed by atoms with van der Waals surface area (Å²) in [6, 6.07) is 0. The summed E-state index contributed by atoms with van der Waals surface area (Å²) in [6.45, 7) is 21.4. The Bertz CT molecular complexity index is 1370. The van der Waals surface area contributed by atoms with E-state index >= 15 is 0 Å². The zero-order valence-corrected chi connectivity index (χ0v) is 32.9. The summed E-state index contributed by atoms with van der Waals surface area (Å²) in [5.74, 6) is 2.64. The van der Waals surface area contributed by atoms with E-state index in [1.54, 1.807) is 13.8 Å². The molecule has 0 aromatic rings. The number of nitrogens with zero attached hydrogens (tertiary/aromatic N) is 2. The first-order valence-corrected chi connectivity index (χ1v) is 21.8. The fourth-order valence-corrected chi connectivity index (χ4v) is 14.8. The van der Waals surface area contributed by atoms with Crippen molar-refractivity contribution in [1.29, 1.82) is 0 Å². The minimum atomic E-state index is -2.82. The largest absolute Gasteiger partial charge is 0.481 e. The van der Waals surface area contributed by atoms with Gasteiger partial charge >= 0.3 is 5.97 Å². The third kappa shape index (κ3) is 6.33. The van der Waals surface area contributed by atoms with Gasteiger partial charge in [-0.2, -0.15) is 0 Å². The van der Waals surface area contributed by atoms with E-state index in [1.807, 2.05) is 0 Å². The molecule has 6 fully saturated rings. The van der Waals surface area contributed by atoms with Crippen LogP contribution in [-0.2, 0) is 19.4 Å². The van der Waals surface area contributed by atoms with E-state index in [1.165, 1.54) is 57.8 Å². The molecule has 0 unspecified atom stereocenters. The SMILES string of the molecule is CC(C)(CCC(=O)N1CC[C@]2(C)[C@H]3CC[C@@H]4[C@H]5CCC[C@]5(CNCCCN5CCS(=O)(=O)CC5)CC[C@@]4(C)[C@]3(C)CC[C@H]2C1(C)C)C(=O)O. The molecule has 9 heteroatoms. The highest BCUT2D eigenvalue weighted by molar-refractivity contribution is 7.91. The number of carbonyl (C=O) groups excluding carboxylic acids is 1. The van der Waals surface area contributed by atoms with Crippen LogP contribution in [0, 0.1) is 50.7 Å². The highest BCUT2D eigenvalue weighted by Crippen LogP contribution is 2.76. The van der Waals surface area contributed by atoms with Crippen LogP contribution >= 0.6 is 0 Å². The van der Waals surface area contributed by atoms with Crippen molar-refractivity contribution in [3.05, 3.63) is 0 Å². The lowest BCUT2D eigenvalue weighted by Crippen LogP contribution is -2.70. The molecular formula is C40H69N3O5S. The van der Waals surface area contributed by atoms with Crippen LogP contribution in [-0.4, -0.2) is 91.5 Å². The standard InChI is InChI=1S/C40H69N3O5S/c1-35(2,34(45)46)16-14-33(44)43-23-20-37(5)31(36(43,3)4)13-17-39(7)32(37)12-11-29-30-10-8-15-40(30,19-18-38(29,39)6)28-41-21-9-22-42-24-26-49(47,48)27-25-42/h29-32,41H,8-28H2,1-7H3,(H,45,46)/t29-,30-,31+,32-,37+,38-,39-,40-/m1/s1. The van der Waals surface area contributed by atoms with Crippen molar-refractivity contribution in [2.75, 3.05) is 50.8 Å². The van der Waals surface area contributed by atoms with Gasteiger partial charge in [-0.05, 0) is 157 Å². The number of hydrogen-bond donors (Lipinski definition) is 2. The number of amides is 1. The van der Waals surface area contributed by atoms with Crippen LogP contribution in [0.1, 0.15) is 132 Å². The Morgan fingerprint density at radius 3 is 2.24 bits per heavy atom. The Hall–Kier alpha value is -1.19. The van der Waals surface area contributed by atoms with Crippen molar-refractivity contribution in [3.63, 3.8) is 0 Å². The molecule has 0 radical (unpaired) electrons. The van der Waals surface area contributed by atoms with Crippen LogP contribution in [0.5, 0.6) is 0 Å². The second kappa shape index (κ2) is 13.0. The van der Waals surface area contributed by atoms with Gasteiger partial charge in [0.05, 0.1) is 16.9 Å². The zero-order chi connectivity index (χ0) is 35.7. The predicted octanol–water partition coefficient (Wildman–Crippen LogP) is 6.63. The molecule has 6 aliphatic rings. The molecule has 0 aromatic carbocycles. The number of sulfone groups is 1. The van der Waals surface area contributed by atoms with Gasteiger partial charge in [-0.3, -0.25) is 9.59 Å². The number of likely N-dealkylation sites (tertiary alicyclic amines) is 1. The highest BCUT2D eigenvalue weighted by Gasteiger charge is 2.70. The molecule has 1 amide bonds. The molecule has 0 bridgehead atoms. The van der Waals surface area contributed by atoms with Crippen LogP contribution in [0.15, 0.2) is 0 Å². The summed E-state index contributed by atoms with van der Waals surface area (Å²) in [5, 5.41) is 13.6. The first-order chi connectivity index (χ1) is 22.8. The fourth-order valence-electron chi connectivity index (χ4n) is 13.6. The lowest BCUT2D eigenvalue weighted by Gasteiger charge is -2.73. The van der Waals surface area contributed by atoms with Gasteiger partial charge in [-0.25, -0.2) is 8.42 Å². The summed E-state index contributed by atoms with van der Waals surface area (Å²) in [7, 11) is -2.82. The van der Waals surface area contributed by atoms with E-state index in [-0.39, 0.29) is 16.9 Å². The maximum Gasteiger partial charge on any atom is 0.309 e. The van der Waals surface area contributed by atoms with Gasteiger partial charge in [-0.15, -0.1) is 0 Å². The zero-order valence-electron chi connectivity index (χ0n) is 32.0. The van der Waals surface area contributed by atoms with Gasteiger partial charge in [-0.1, -0.05) is 27.2 Å². The Labute approximate surface area is 298 Å². The smallest absolute Gasteiger partial charge is 0.309 e. The van der Waals surface area contributed by atoms with Crippen molar-refractivity contribution in [2.24, 2.45) is 50.7 Å². The summed E-state index contributed by atoms with van der Waals surface area (Å²) < 4.78 is 23.6. The molecule has 2 saturated heterocycles. The van der Waals surface area contributed by atoms with Crippen molar-refractivity contribution < 1.29 is 23.1 Å². The molecule has 280 valence electrons. The molecule has 6 rings (SSSR count). The van der Waals surface area contributed by atoms with E-state index in [0.29, 0.717) is 65.5 Å². The van der Waals surface area contributed by atoms with Gasteiger partial charge in [0.2, 0.25) is 5.91 Å². The number of hydrogen-bond acceptors (Lipinski definition) is 6. The Morgan fingerprint density at radius 2 is 1.55 bits per heavy atom. The van der Waals surface area contributed by atoms with E-state index in [2.05, 4.69) is 49.7 Å². The molecule has 2 aliphatic heterocycles. The quantitative estimate of drug-likeness (QED) is 0.246. The molecule has 4 saturated carbocycles. The van der Waals surface area contributed by atoms with Crippen LogP contribution in [0.3, 0.4) is 0 Å². The van der Waals surface area contributed by atoms with Crippen molar-refractivity contribution in [1.82, 2.24) is 15.1 Å². The summed E-state index contributed by atoms with van der Waals surface area (Å²) in [4.78, 5) is 29.9. The molecule has 8 atom stereocenters. The first-order valence-electron chi connectivity index (χ1n) is 20.0. The fraction of sp³-hybridized carbons (Fsp3) is 0.950. The van der Waals surface area contributed by atoms with E-state index < -0.39 is 21.2 Å². The lowest BCUT2D eigenvalue weighted by molar-refractivity contribution is -0.238. The average Bonchev–Trinajstić information content (AvgIpc) is 3.44.